The Bertz CT molecular complexity index is 781. The molecule has 0 radical (unpaired) electrons. The van der Waals surface area contributed by atoms with Crippen LogP contribution in [0.4, 0.5) is 0 Å². The van der Waals surface area contributed by atoms with Gasteiger partial charge in [0.05, 0.1) is 18.5 Å². The van der Waals surface area contributed by atoms with Crippen LogP contribution in [-0.4, -0.2) is 92.6 Å². The Morgan fingerprint density at radius 2 is 1.73 bits per heavy atom. The van der Waals surface area contributed by atoms with Crippen molar-refractivity contribution >= 4 is 30.1 Å². The predicted octanol–water partition coefficient (Wildman–Crippen LogP) is 3.07. The number of benzene rings is 1. The average molecular weight is 538 g/mol. The molecule has 2 atom stereocenters. The van der Waals surface area contributed by atoms with Gasteiger partial charge in [-0.05, 0) is 43.8 Å². The van der Waals surface area contributed by atoms with Crippen molar-refractivity contribution in [2.45, 2.75) is 58.1 Å². The molecule has 9 nitrogen and oxygen atoms in total. The standard InChI is InChI=1S/C21H33N5O3S.C4H8O.C2H6/c1-16(23-15-25(3)4)30-26(5)14-19(27)18(13-17-9-7-6-8-10-17)24-21(29)12-11-20(28)22-2;1-2-4-5-3-1;1-2/h6-10,15,18-19,27H,1,11-14H2,2-5H3,(H,22,28)(H,24,29);1-4H2;1-2H3/b23-15-;;. The molecule has 0 bridgehead atoms. The molecule has 1 aliphatic heterocycles. The number of nitrogens with zero attached hydrogens (tertiary/aromatic N) is 3. The Kier molecular flexibility index (Phi) is 20.3. The molecule has 10 heteroatoms. The molecular weight excluding hydrogens is 490 g/mol. The van der Waals surface area contributed by atoms with Gasteiger partial charge in [0.25, 0.3) is 0 Å². The summed E-state index contributed by atoms with van der Waals surface area (Å²) in [6.45, 7) is 10.2. The quantitative estimate of drug-likeness (QED) is 0.202. The number of amides is 2. The van der Waals surface area contributed by atoms with E-state index in [0.717, 1.165) is 18.8 Å². The summed E-state index contributed by atoms with van der Waals surface area (Å²) < 4.78 is 6.77. The summed E-state index contributed by atoms with van der Waals surface area (Å²) in [5.74, 6) is -0.466. The molecule has 1 aliphatic rings. The molecule has 1 saturated heterocycles. The zero-order valence-electron chi connectivity index (χ0n) is 23.4. The van der Waals surface area contributed by atoms with Gasteiger partial charge in [-0.3, -0.25) is 9.59 Å². The highest BCUT2D eigenvalue weighted by molar-refractivity contribution is 8.00. The molecule has 0 aromatic heterocycles. The first-order valence-corrected chi connectivity index (χ1v) is 13.6. The molecule has 0 saturated carbocycles. The molecule has 1 fully saturated rings. The van der Waals surface area contributed by atoms with E-state index >= 15 is 0 Å². The Labute approximate surface area is 227 Å². The summed E-state index contributed by atoms with van der Waals surface area (Å²) in [4.78, 5) is 29.7. The largest absolute Gasteiger partial charge is 0.390 e. The van der Waals surface area contributed by atoms with E-state index in [1.165, 1.54) is 31.8 Å². The molecule has 2 amide bonds. The topological polar surface area (TPSA) is 106 Å². The third kappa shape index (κ3) is 18.5. The summed E-state index contributed by atoms with van der Waals surface area (Å²) in [7, 11) is 7.11. The van der Waals surface area contributed by atoms with Crippen molar-refractivity contribution in [3.63, 3.8) is 0 Å². The Morgan fingerprint density at radius 1 is 1.14 bits per heavy atom. The number of ether oxygens (including phenoxy) is 1. The maximum Gasteiger partial charge on any atom is 0.220 e. The molecule has 1 heterocycles. The second kappa shape index (κ2) is 21.7. The maximum absolute atomic E-state index is 12.3. The van der Waals surface area contributed by atoms with Crippen molar-refractivity contribution in [3.05, 3.63) is 47.5 Å². The van der Waals surface area contributed by atoms with Crippen LogP contribution < -0.4 is 10.6 Å². The minimum Gasteiger partial charge on any atom is -0.390 e. The van der Waals surface area contributed by atoms with Gasteiger partial charge < -0.3 is 25.4 Å². The minimum atomic E-state index is -0.822. The van der Waals surface area contributed by atoms with E-state index in [1.54, 1.807) is 6.34 Å². The van der Waals surface area contributed by atoms with Crippen molar-refractivity contribution in [2.75, 3.05) is 47.9 Å². The molecule has 0 spiro atoms. The van der Waals surface area contributed by atoms with Crippen molar-refractivity contribution in [1.82, 2.24) is 19.8 Å². The monoisotopic (exact) mass is 537 g/mol. The summed E-state index contributed by atoms with van der Waals surface area (Å²) in [5.41, 5.74) is 1.00. The van der Waals surface area contributed by atoms with Crippen molar-refractivity contribution in [3.8, 4) is 0 Å². The van der Waals surface area contributed by atoms with Crippen LogP contribution >= 0.6 is 11.9 Å². The number of carbonyl (C=O) groups excluding carboxylic acids is 2. The van der Waals surface area contributed by atoms with Gasteiger partial charge in [-0.1, -0.05) is 50.8 Å². The fourth-order valence-electron chi connectivity index (χ4n) is 3.10. The second-order valence-electron chi connectivity index (χ2n) is 8.43. The van der Waals surface area contributed by atoms with Gasteiger partial charge in [-0.15, -0.1) is 0 Å². The first-order chi connectivity index (χ1) is 17.7. The highest BCUT2D eigenvalue weighted by atomic mass is 32.2. The van der Waals surface area contributed by atoms with E-state index in [0.29, 0.717) is 18.0 Å². The third-order valence-electron chi connectivity index (χ3n) is 4.93. The van der Waals surface area contributed by atoms with Gasteiger partial charge in [-0.25, -0.2) is 9.30 Å². The number of aliphatic imine (C=N–C) groups is 1. The van der Waals surface area contributed by atoms with Gasteiger partial charge in [0.1, 0.15) is 5.03 Å². The number of rotatable bonds is 13. The van der Waals surface area contributed by atoms with Gasteiger partial charge in [-0.2, -0.15) is 0 Å². The number of aliphatic hydroxyl groups excluding tert-OH is 1. The number of hydrogen-bond donors (Lipinski definition) is 3. The van der Waals surface area contributed by atoms with Crippen LogP contribution in [0.25, 0.3) is 0 Å². The van der Waals surface area contributed by atoms with E-state index in [1.807, 2.05) is 74.5 Å². The van der Waals surface area contributed by atoms with Crippen LogP contribution in [0.3, 0.4) is 0 Å². The normalized spacial score (nSPS) is 14.1. The molecule has 37 heavy (non-hydrogen) atoms. The van der Waals surface area contributed by atoms with E-state index < -0.39 is 12.1 Å². The van der Waals surface area contributed by atoms with Gasteiger partial charge >= 0.3 is 0 Å². The summed E-state index contributed by atoms with van der Waals surface area (Å²) >= 11 is 1.32. The van der Waals surface area contributed by atoms with Crippen molar-refractivity contribution in [1.29, 1.82) is 0 Å². The smallest absolute Gasteiger partial charge is 0.220 e. The average Bonchev–Trinajstić information content (AvgIpc) is 3.48. The maximum atomic E-state index is 12.3. The molecule has 1 aromatic rings. The SMILES string of the molecule is C1CCOC1.C=C(/N=C\N(C)C)SN(C)CC(O)C(Cc1ccccc1)NC(=O)CCC(=O)NC.CC. The van der Waals surface area contributed by atoms with E-state index in [-0.39, 0.29) is 24.7 Å². The number of carbonyl (C=O) groups is 2. The lowest BCUT2D eigenvalue weighted by Crippen LogP contribution is -2.48. The highest BCUT2D eigenvalue weighted by Gasteiger charge is 2.24. The van der Waals surface area contributed by atoms with Gasteiger partial charge in [0.2, 0.25) is 11.8 Å². The molecule has 2 rings (SSSR count). The van der Waals surface area contributed by atoms with E-state index in [4.69, 9.17) is 4.74 Å². The molecule has 1 aromatic carbocycles. The first kappa shape index (κ1) is 34.6. The molecule has 3 N–H and O–H groups in total. The molecule has 2 unspecified atom stereocenters. The van der Waals surface area contributed by atoms with Crippen LogP contribution in [0.1, 0.15) is 45.1 Å². The van der Waals surface area contributed by atoms with Crippen LogP contribution in [0, 0.1) is 0 Å². The van der Waals surface area contributed by atoms with Crippen LogP contribution in [0.15, 0.2) is 46.9 Å². The second-order valence-corrected chi connectivity index (χ2v) is 9.70. The third-order valence-corrected chi connectivity index (χ3v) is 5.71. The van der Waals surface area contributed by atoms with Crippen LogP contribution in [-0.2, 0) is 20.7 Å². The predicted molar refractivity (Wildman–Crippen MR) is 154 cm³/mol. The number of nitrogens with one attached hydrogen (secondary N) is 2. The Hall–Kier alpha value is -2.40. The van der Waals surface area contributed by atoms with Crippen LogP contribution in [0.2, 0.25) is 0 Å². The van der Waals surface area contributed by atoms with Gasteiger partial charge in [0.15, 0.2) is 0 Å². The van der Waals surface area contributed by atoms with Crippen molar-refractivity contribution < 1.29 is 19.4 Å². The zero-order valence-corrected chi connectivity index (χ0v) is 24.2. The van der Waals surface area contributed by atoms with E-state index in [9.17, 15) is 14.7 Å². The molecule has 210 valence electrons. The van der Waals surface area contributed by atoms with E-state index in [2.05, 4.69) is 22.2 Å². The lowest BCUT2D eigenvalue weighted by atomic mass is 10.0. The van der Waals surface area contributed by atoms with Crippen LogP contribution in [0.5, 0.6) is 0 Å². The summed E-state index contributed by atoms with van der Waals surface area (Å²) in [6, 6.07) is 9.16. The minimum absolute atomic E-state index is 0.0678. The Morgan fingerprint density at radius 3 is 2.24 bits per heavy atom. The van der Waals surface area contributed by atoms with Gasteiger partial charge in [0, 0.05) is 53.7 Å². The lowest BCUT2D eigenvalue weighted by molar-refractivity contribution is -0.127. The number of aliphatic hydroxyl groups is 1. The van der Waals surface area contributed by atoms with Crippen molar-refractivity contribution in [2.24, 2.45) is 4.99 Å². The Balaban J connectivity index is 0.00000161. The first-order valence-electron chi connectivity index (χ1n) is 12.8. The fraction of sp³-hybridized carbons (Fsp3) is 0.593. The number of hydrogen-bond acceptors (Lipinski definition) is 7. The fourth-order valence-corrected chi connectivity index (χ4v) is 3.79. The molecular formula is C27H47N5O4S. The summed E-state index contributed by atoms with van der Waals surface area (Å²) in [5, 5.41) is 16.8. The summed E-state index contributed by atoms with van der Waals surface area (Å²) in [6.07, 6.45) is 4.04. The molecule has 0 aliphatic carbocycles. The number of likely N-dealkylation sites (N-methyl/N-ethyl adjacent to an activating group) is 1. The zero-order chi connectivity index (χ0) is 28.1. The highest BCUT2D eigenvalue weighted by Crippen LogP contribution is 2.19. The lowest BCUT2D eigenvalue weighted by Gasteiger charge is -2.27.